The molecular formula is C40H35BrCl3F6N9O5. The minimum atomic E-state index is -0.830. The molecule has 0 fully saturated rings. The maximum atomic E-state index is 13.3. The molecule has 4 heterocycles. The summed E-state index contributed by atoms with van der Waals surface area (Å²) in [5, 5.41) is 14.7. The molecule has 1 aliphatic rings. The number of carbonyl (C=O) groups is 2. The number of alkyl halides is 1. The number of hydrogen-bond acceptors (Lipinski definition) is 14. The predicted octanol–water partition coefficient (Wildman–Crippen LogP) is 9.75. The molecule has 3 aromatic heterocycles. The van der Waals surface area contributed by atoms with Crippen molar-refractivity contribution in [2.24, 2.45) is 0 Å². The summed E-state index contributed by atoms with van der Waals surface area (Å²) in [6, 6.07) is 8.34. The first kappa shape index (κ1) is 52.3. The number of nitrogens with one attached hydrogen (secondary N) is 2. The third-order valence-corrected chi connectivity index (χ3v) is 9.02. The van der Waals surface area contributed by atoms with E-state index in [1.54, 1.807) is 26.0 Å². The molecule has 0 amide bonds. The number of aromatic hydroxyl groups is 1. The summed E-state index contributed by atoms with van der Waals surface area (Å²) in [5.74, 6) is -3.49. The minimum Gasteiger partial charge on any atom is -0.503 e. The van der Waals surface area contributed by atoms with Crippen LogP contribution in [0.1, 0.15) is 39.7 Å². The van der Waals surface area contributed by atoms with E-state index in [0.29, 0.717) is 34.8 Å². The molecule has 0 radical (unpaired) electrons. The lowest BCUT2D eigenvalue weighted by Gasteiger charge is -2.34. The van der Waals surface area contributed by atoms with Gasteiger partial charge >= 0.3 is 0 Å². The fourth-order valence-corrected chi connectivity index (χ4v) is 5.84. The van der Waals surface area contributed by atoms with E-state index in [2.05, 4.69) is 56.5 Å². The number of aromatic nitrogens is 6. The van der Waals surface area contributed by atoms with Gasteiger partial charge in [0, 0.05) is 50.5 Å². The second kappa shape index (κ2) is 24.7. The Morgan fingerprint density at radius 2 is 1.19 bits per heavy atom. The van der Waals surface area contributed by atoms with Crippen LogP contribution in [0.5, 0.6) is 17.2 Å². The van der Waals surface area contributed by atoms with E-state index in [1.807, 2.05) is 0 Å². The first-order valence-corrected chi connectivity index (χ1v) is 19.8. The van der Waals surface area contributed by atoms with E-state index in [0.717, 1.165) is 36.4 Å². The van der Waals surface area contributed by atoms with Crippen LogP contribution < -0.4 is 25.0 Å². The lowest BCUT2D eigenvalue weighted by atomic mass is 10.0. The van der Waals surface area contributed by atoms with Crippen LogP contribution in [-0.4, -0.2) is 86.3 Å². The van der Waals surface area contributed by atoms with Gasteiger partial charge in [0.15, 0.2) is 52.9 Å². The molecule has 1 unspecified atom stereocenters. The van der Waals surface area contributed by atoms with Gasteiger partial charge < -0.3 is 30.1 Å². The standard InChI is InChI=1S/C13H10ClF2N3O2.C13H10ClF2N3O.C8H5BrF2O.C5H6ClN3O.CH4/c1-17-12-11(5-18-13(14)19-12)21-6-10(20)7-2-8(15)4-9(16)3-7;1-19-10(7-2-8(15)4-9(16)3-7)6-20-11-5-17-13(14)18-12(11)19;9-4-8(12)5-1-6(10)3-7(11)2-5;1-7-4-3(10)2-8-5(6)9-4;/h2-5H,6H2,1H3,(H,17,18,19);2-5,10H,6H2,1H3;1-3H,4H2;2,10H,1H3,(H,7,8,9);1H4. The minimum absolute atomic E-state index is 0. The van der Waals surface area contributed by atoms with Crippen LogP contribution in [0.2, 0.25) is 15.9 Å². The highest BCUT2D eigenvalue weighted by Gasteiger charge is 2.29. The van der Waals surface area contributed by atoms with E-state index in [9.17, 15) is 35.9 Å². The SMILES string of the molecule is C.CN1c2nc(Cl)ncc2OCC1c1cc(F)cc(F)c1.CNc1nc(Cl)ncc1O.CNc1nc(Cl)ncc1OCC(=O)c1cc(F)cc(F)c1.O=C(CBr)c1cc(F)cc(F)c1. The fourth-order valence-electron chi connectivity index (χ4n) is 5.12. The molecule has 24 heteroatoms. The van der Waals surface area contributed by atoms with Crippen molar-refractivity contribution in [1.82, 2.24) is 29.9 Å². The largest absolute Gasteiger partial charge is 0.503 e. The van der Waals surface area contributed by atoms with Gasteiger partial charge in [-0.05, 0) is 76.8 Å². The lowest BCUT2D eigenvalue weighted by molar-refractivity contribution is 0.0920. The zero-order valence-electron chi connectivity index (χ0n) is 32.6. The Balaban J connectivity index is 0.000000236. The average molecular weight is 1020 g/mol. The van der Waals surface area contributed by atoms with Crippen molar-refractivity contribution in [3.63, 3.8) is 0 Å². The van der Waals surface area contributed by atoms with E-state index in [1.165, 1.54) is 30.7 Å². The van der Waals surface area contributed by atoms with E-state index >= 15 is 0 Å². The number of fused-ring (bicyclic) bond motifs is 1. The highest BCUT2D eigenvalue weighted by Crippen LogP contribution is 2.37. The summed E-state index contributed by atoms with van der Waals surface area (Å²) < 4.78 is 88.5. The molecule has 14 nitrogen and oxygen atoms in total. The Bertz CT molecular complexity index is 2520. The monoisotopic (exact) mass is 1020 g/mol. The Labute approximate surface area is 385 Å². The van der Waals surface area contributed by atoms with Crippen molar-refractivity contribution in [3.8, 4) is 17.2 Å². The quantitative estimate of drug-likeness (QED) is 0.0540. The van der Waals surface area contributed by atoms with Gasteiger partial charge in [0.25, 0.3) is 0 Å². The average Bonchev–Trinajstić information content (AvgIpc) is 3.23. The van der Waals surface area contributed by atoms with Crippen molar-refractivity contribution in [1.29, 1.82) is 0 Å². The normalized spacial score (nSPS) is 12.2. The van der Waals surface area contributed by atoms with Crippen molar-refractivity contribution in [2.75, 3.05) is 55.2 Å². The summed E-state index contributed by atoms with van der Waals surface area (Å²) in [4.78, 5) is 47.3. The third-order valence-electron chi connectivity index (χ3n) is 7.96. The van der Waals surface area contributed by atoms with E-state index < -0.39 is 47.3 Å². The van der Waals surface area contributed by atoms with Gasteiger partial charge in [0.1, 0.15) is 41.5 Å². The van der Waals surface area contributed by atoms with Gasteiger partial charge in [-0.3, -0.25) is 9.59 Å². The Morgan fingerprint density at radius 3 is 1.69 bits per heavy atom. The molecule has 3 aromatic carbocycles. The molecule has 6 aromatic rings. The molecule has 7 rings (SSSR count). The van der Waals surface area contributed by atoms with Gasteiger partial charge in [-0.15, -0.1) is 0 Å². The van der Waals surface area contributed by atoms with Gasteiger partial charge in [-0.1, -0.05) is 23.4 Å². The molecule has 64 heavy (non-hydrogen) atoms. The van der Waals surface area contributed by atoms with Gasteiger partial charge in [0.05, 0.1) is 30.0 Å². The summed E-state index contributed by atoms with van der Waals surface area (Å²) in [5.41, 5.74) is 0.406. The third kappa shape index (κ3) is 15.3. The lowest BCUT2D eigenvalue weighted by Crippen LogP contribution is -2.34. The Morgan fingerprint density at radius 1 is 0.734 bits per heavy atom. The number of Topliss-reactive ketones (excluding diaryl/α,β-unsaturated/α-hetero) is 2. The second-order valence-electron chi connectivity index (χ2n) is 12.3. The van der Waals surface area contributed by atoms with Crippen LogP contribution in [-0.2, 0) is 0 Å². The van der Waals surface area contributed by atoms with Gasteiger partial charge in [-0.25, -0.2) is 41.3 Å². The number of hydrogen-bond donors (Lipinski definition) is 3. The van der Waals surface area contributed by atoms with E-state index in [-0.39, 0.29) is 69.7 Å². The zero-order valence-corrected chi connectivity index (χ0v) is 36.5. The highest BCUT2D eigenvalue weighted by molar-refractivity contribution is 9.09. The first-order valence-electron chi connectivity index (χ1n) is 17.5. The van der Waals surface area contributed by atoms with Gasteiger partial charge in [0.2, 0.25) is 15.9 Å². The van der Waals surface area contributed by atoms with Crippen LogP contribution >= 0.6 is 50.7 Å². The molecule has 0 saturated heterocycles. The van der Waals surface area contributed by atoms with Crippen LogP contribution in [0.15, 0.2) is 73.2 Å². The Hall–Kier alpha value is -6.03. The number of anilines is 3. The molecular weight excluding hydrogens is 987 g/mol. The molecule has 3 N–H and O–H groups in total. The number of benzene rings is 3. The number of halogens is 10. The van der Waals surface area contributed by atoms with Crippen molar-refractivity contribution >= 4 is 79.8 Å². The summed E-state index contributed by atoms with van der Waals surface area (Å²) in [7, 11) is 4.99. The fraction of sp³-hybridized carbons (Fsp3) is 0.200. The maximum Gasteiger partial charge on any atom is 0.224 e. The number of likely N-dealkylation sites (N-methyl/N-ethyl adjacent to an activating group) is 1. The predicted molar refractivity (Wildman–Crippen MR) is 232 cm³/mol. The van der Waals surface area contributed by atoms with Crippen molar-refractivity contribution in [2.45, 2.75) is 13.5 Å². The molecule has 0 saturated carbocycles. The summed E-state index contributed by atoms with van der Waals surface area (Å²) in [6.45, 7) is -0.167. The second-order valence-corrected chi connectivity index (χ2v) is 13.9. The highest BCUT2D eigenvalue weighted by atomic mass is 79.9. The van der Waals surface area contributed by atoms with Crippen molar-refractivity contribution < 1.29 is 50.5 Å². The maximum absolute atomic E-state index is 13.3. The zero-order chi connectivity index (χ0) is 46.4. The summed E-state index contributed by atoms with van der Waals surface area (Å²) in [6.07, 6.45) is 4.01. The first-order chi connectivity index (χ1) is 29.9. The number of ether oxygens (including phenoxy) is 2. The Kier molecular flexibility index (Phi) is 20.2. The smallest absolute Gasteiger partial charge is 0.224 e. The molecule has 1 aliphatic heterocycles. The molecule has 1 atom stereocenters. The number of carbonyl (C=O) groups excluding carboxylic acids is 2. The van der Waals surface area contributed by atoms with Crippen LogP contribution in [0.4, 0.5) is 43.8 Å². The van der Waals surface area contributed by atoms with Gasteiger partial charge in [-0.2, -0.15) is 15.0 Å². The molecule has 0 spiro atoms. The van der Waals surface area contributed by atoms with Crippen LogP contribution in [0, 0.1) is 34.9 Å². The van der Waals surface area contributed by atoms with Crippen LogP contribution in [0.3, 0.4) is 0 Å². The molecule has 0 aliphatic carbocycles. The number of rotatable bonds is 9. The number of nitrogens with zero attached hydrogens (tertiary/aromatic N) is 7. The number of ketones is 2. The molecule has 0 bridgehead atoms. The van der Waals surface area contributed by atoms with E-state index in [4.69, 9.17) is 49.4 Å². The summed E-state index contributed by atoms with van der Waals surface area (Å²) >= 11 is 19.7. The topological polar surface area (TPSA) is 177 Å². The van der Waals surface area contributed by atoms with Crippen LogP contribution in [0.25, 0.3) is 0 Å². The van der Waals surface area contributed by atoms with Crippen molar-refractivity contribution in [3.05, 3.63) is 141 Å². The molecule has 340 valence electrons.